The molecule has 1 atom stereocenters. The second-order valence-corrected chi connectivity index (χ2v) is 5.08. The Balaban J connectivity index is 2.00. The summed E-state index contributed by atoms with van der Waals surface area (Å²) in [5.41, 5.74) is 0.468. The van der Waals surface area contributed by atoms with Gasteiger partial charge in [-0.15, -0.1) is 0 Å². The van der Waals surface area contributed by atoms with Crippen LogP contribution >= 0.6 is 0 Å². The molecule has 1 amide bonds. The molecule has 0 saturated heterocycles. The van der Waals surface area contributed by atoms with Crippen molar-refractivity contribution in [3.8, 4) is 0 Å². The van der Waals surface area contributed by atoms with Crippen molar-refractivity contribution in [3.63, 3.8) is 0 Å². The molecule has 0 fully saturated rings. The average molecular weight is 332 g/mol. The van der Waals surface area contributed by atoms with Gasteiger partial charge in [0.1, 0.15) is 0 Å². The molecule has 24 heavy (non-hydrogen) atoms. The number of hydrogen-bond acceptors (Lipinski definition) is 6. The van der Waals surface area contributed by atoms with Gasteiger partial charge in [0.2, 0.25) is 0 Å². The number of aromatic carboxylic acids is 1. The van der Waals surface area contributed by atoms with Gasteiger partial charge < -0.3 is 15.2 Å². The molecule has 2 rings (SSSR count). The summed E-state index contributed by atoms with van der Waals surface area (Å²) >= 11 is 0. The van der Waals surface area contributed by atoms with E-state index in [-0.39, 0.29) is 22.7 Å². The molecular weight excluding hydrogens is 316 g/mol. The molecule has 9 heteroatoms. The van der Waals surface area contributed by atoms with Crippen molar-refractivity contribution in [1.82, 2.24) is 20.1 Å². The molecule has 0 radical (unpaired) electrons. The fourth-order valence-electron chi connectivity index (χ4n) is 2.00. The van der Waals surface area contributed by atoms with Gasteiger partial charge in [0.25, 0.3) is 5.91 Å². The minimum atomic E-state index is -1.07. The fraction of sp³-hybridized carbons (Fsp3) is 0.267. The minimum absolute atomic E-state index is 0.0727. The number of amides is 1. The first kappa shape index (κ1) is 17.1. The van der Waals surface area contributed by atoms with Crippen LogP contribution in [0.5, 0.6) is 0 Å². The van der Waals surface area contributed by atoms with E-state index < -0.39 is 17.8 Å². The number of hydrogen-bond donors (Lipinski definition) is 2. The highest BCUT2D eigenvalue weighted by atomic mass is 16.5. The Bertz CT molecular complexity index is 771. The number of aromatic nitrogens is 3. The average Bonchev–Trinajstić information content (AvgIpc) is 3.02. The first-order valence-corrected chi connectivity index (χ1v) is 7.00. The predicted molar refractivity (Wildman–Crippen MR) is 81.7 cm³/mol. The van der Waals surface area contributed by atoms with Gasteiger partial charge in [0.15, 0.2) is 0 Å². The number of carbonyl (C=O) groups excluding carboxylic acids is 2. The largest absolute Gasteiger partial charge is 0.478 e. The SMILES string of the molecule is COC(=O)c1cncc(C(=O)NC(C)Cn2cc(C(=O)O)cn2)c1. The van der Waals surface area contributed by atoms with Gasteiger partial charge in [-0.25, -0.2) is 9.59 Å². The van der Waals surface area contributed by atoms with Crippen molar-refractivity contribution in [2.75, 3.05) is 7.11 Å². The van der Waals surface area contributed by atoms with Crippen LogP contribution in [0.25, 0.3) is 0 Å². The van der Waals surface area contributed by atoms with E-state index in [1.165, 1.54) is 42.6 Å². The maximum absolute atomic E-state index is 12.2. The number of rotatable bonds is 6. The molecule has 2 aromatic heterocycles. The summed E-state index contributed by atoms with van der Waals surface area (Å²) in [6, 6.07) is 1.07. The lowest BCUT2D eigenvalue weighted by Crippen LogP contribution is -2.36. The monoisotopic (exact) mass is 332 g/mol. The van der Waals surface area contributed by atoms with E-state index in [1.807, 2.05) is 0 Å². The van der Waals surface area contributed by atoms with Gasteiger partial charge in [-0.2, -0.15) is 5.10 Å². The summed E-state index contributed by atoms with van der Waals surface area (Å²) in [6.45, 7) is 2.04. The van der Waals surface area contributed by atoms with Crippen molar-refractivity contribution in [3.05, 3.63) is 47.5 Å². The maximum Gasteiger partial charge on any atom is 0.339 e. The zero-order valence-corrected chi connectivity index (χ0v) is 13.1. The molecule has 2 N–H and O–H groups in total. The smallest absolute Gasteiger partial charge is 0.339 e. The summed E-state index contributed by atoms with van der Waals surface area (Å²) in [5, 5.41) is 15.5. The van der Waals surface area contributed by atoms with E-state index in [0.717, 1.165) is 0 Å². The highest BCUT2D eigenvalue weighted by Gasteiger charge is 2.15. The predicted octanol–water partition coefficient (Wildman–Crippen LogP) is 0.581. The number of esters is 1. The van der Waals surface area contributed by atoms with Crippen LogP contribution in [0, 0.1) is 0 Å². The molecule has 126 valence electrons. The second kappa shape index (κ2) is 7.36. The Kier molecular flexibility index (Phi) is 5.25. The Labute approximate surface area is 137 Å². The number of nitrogens with one attached hydrogen (secondary N) is 1. The lowest BCUT2D eigenvalue weighted by atomic mass is 10.2. The first-order chi connectivity index (χ1) is 11.4. The molecule has 0 aliphatic rings. The van der Waals surface area contributed by atoms with Gasteiger partial charge >= 0.3 is 11.9 Å². The lowest BCUT2D eigenvalue weighted by Gasteiger charge is -2.14. The van der Waals surface area contributed by atoms with Gasteiger partial charge in [-0.3, -0.25) is 14.5 Å². The molecule has 2 heterocycles. The summed E-state index contributed by atoms with van der Waals surface area (Å²) in [6.07, 6.45) is 5.26. The molecule has 9 nitrogen and oxygen atoms in total. The van der Waals surface area contributed by atoms with Crippen LogP contribution in [-0.4, -0.2) is 50.9 Å². The number of carbonyl (C=O) groups is 3. The van der Waals surface area contributed by atoms with Crippen molar-refractivity contribution in [1.29, 1.82) is 0 Å². The van der Waals surface area contributed by atoms with E-state index in [0.29, 0.717) is 6.54 Å². The van der Waals surface area contributed by atoms with Gasteiger partial charge in [0.05, 0.1) is 36.5 Å². The van der Waals surface area contributed by atoms with Crippen LogP contribution in [0.4, 0.5) is 0 Å². The quantitative estimate of drug-likeness (QED) is 0.742. The molecule has 0 bridgehead atoms. The van der Waals surface area contributed by atoms with Crippen LogP contribution < -0.4 is 5.32 Å². The standard InChI is InChI=1S/C15H16N4O5/c1-9(7-19-8-12(6-17-19)14(21)22)18-13(20)10-3-11(5-16-4-10)15(23)24-2/h3-6,8-9H,7H2,1-2H3,(H,18,20)(H,21,22). The van der Waals surface area contributed by atoms with Crippen molar-refractivity contribution in [2.24, 2.45) is 0 Å². The van der Waals surface area contributed by atoms with Crippen molar-refractivity contribution < 1.29 is 24.2 Å². The molecule has 0 aliphatic heterocycles. The van der Waals surface area contributed by atoms with Crippen LogP contribution in [0.2, 0.25) is 0 Å². The maximum atomic E-state index is 12.2. The second-order valence-electron chi connectivity index (χ2n) is 5.08. The Morgan fingerprint density at radius 1 is 1.25 bits per heavy atom. The minimum Gasteiger partial charge on any atom is -0.478 e. The normalized spacial score (nSPS) is 11.6. The van der Waals surface area contributed by atoms with Crippen LogP contribution in [0.15, 0.2) is 30.9 Å². The van der Waals surface area contributed by atoms with Crippen molar-refractivity contribution in [2.45, 2.75) is 19.5 Å². The van der Waals surface area contributed by atoms with Crippen LogP contribution in [0.3, 0.4) is 0 Å². The Morgan fingerprint density at radius 2 is 1.96 bits per heavy atom. The summed E-state index contributed by atoms with van der Waals surface area (Å²) < 4.78 is 6.01. The summed E-state index contributed by atoms with van der Waals surface area (Å²) in [4.78, 5) is 38.3. The molecule has 0 saturated carbocycles. The summed E-state index contributed by atoms with van der Waals surface area (Å²) in [7, 11) is 1.24. The molecule has 0 spiro atoms. The third kappa shape index (κ3) is 4.15. The third-order valence-electron chi connectivity index (χ3n) is 3.14. The highest BCUT2D eigenvalue weighted by molar-refractivity contribution is 5.97. The van der Waals surface area contributed by atoms with E-state index >= 15 is 0 Å². The third-order valence-corrected chi connectivity index (χ3v) is 3.14. The van der Waals surface area contributed by atoms with E-state index in [4.69, 9.17) is 5.11 Å². The van der Waals surface area contributed by atoms with E-state index in [2.05, 4.69) is 20.1 Å². The van der Waals surface area contributed by atoms with E-state index in [9.17, 15) is 14.4 Å². The zero-order chi connectivity index (χ0) is 17.7. The molecular formula is C15H16N4O5. The first-order valence-electron chi connectivity index (χ1n) is 7.00. The number of methoxy groups -OCH3 is 1. The molecule has 0 aromatic carbocycles. The number of pyridine rings is 1. The van der Waals surface area contributed by atoms with Gasteiger partial charge in [0, 0.05) is 24.6 Å². The molecule has 2 aromatic rings. The van der Waals surface area contributed by atoms with Gasteiger partial charge in [-0.1, -0.05) is 0 Å². The summed E-state index contributed by atoms with van der Waals surface area (Å²) in [5.74, 6) is -2.06. The number of nitrogens with zero attached hydrogens (tertiary/aromatic N) is 3. The highest BCUT2D eigenvalue weighted by Crippen LogP contribution is 2.05. The zero-order valence-electron chi connectivity index (χ0n) is 13.1. The number of carboxylic acid groups (broad SMARTS) is 1. The topological polar surface area (TPSA) is 123 Å². The van der Waals surface area contributed by atoms with Crippen molar-refractivity contribution >= 4 is 17.8 Å². The molecule has 0 aliphatic carbocycles. The Morgan fingerprint density at radius 3 is 2.58 bits per heavy atom. The number of ether oxygens (including phenoxy) is 1. The lowest BCUT2D eigenvalue weighted by molar-refractivity contribution is 0.0599. The molecule has 1 unspecified atom stereocenters. The Hall–Kier alpha value is -3.23. The van der Waals surface area contributed by atoms with Crippen LogP contribution in [0.1, 0.15) is 38.0 Å². The van der Waals surface area contributed by atoms with Crippen LogP contribution in [-0.2, 0) is 11.3 Å². The van der Waals surface area contributed by atoms with Gasteiger partial charge in [-0.05, 0) is 13.0 Å². The number of carboxylic acids is 1. The fourth-order valence-corrected chi connectivity index (χ4v) is 2.00. The van der Waals surface area contributed by atoms with E-state index in [1.54, 1.807) is 6.92 Å².